The maximum absolute atomic E-state index is 12.8. The molecule has 0 radical (unpaired) electrons. The smallest absolute Gasteiger partial charge is 0.337 e. The molecule has 0 amide bonds. The van der Waals surface area contributed by atoms with Gasteiger partial charge in [-0.2, -0.15) is 5.26 Å². The number of aromatic nitrogens is 2. The fourth-order valence-electron chi connectivity index (χ4n) is 5.14. The fraction of sp³-hybridized carbons (Fsp3) is 0.409. The predicted octanol–water partition coefficient (Wildman–Crippen LogP) is 2.86. The van der Waals surface area contributed by atoms with Gasteiger partial charge in [-0.15, -0.1) is 0 Å². The lowest BCUT2D eigenvalue weighted by Gasteiger charge is -2.51. The lowest BCUT2D eigenvalue weighted by Crippen LogP contribution is -2.53. The minimum atomic E-state index is -0.674. The first kappa shape index (κ1) is 18.3. The van der Waals surface area contributed by atoms with Gasteiger partial charge in [-0.3, -0.25) is 4.79 Å². The monoisotopic (exact) mass is 375 g/mol. The summed E-state index contributed by atoms with van der Waals surface area (Å²) in [5, 5.41) is 9.66. The summed E-state index contributed by atoms with van der Waals surface area (Å²) in [7, 11) is 1.35. The van der Waals surface area contributed by atoms with E-state index in [1.807, 2.05) is 25.3 Å². The number of methoxy groups -OCH3 is 1. The zero-order valence-electron chi connectivity index (χ0n) is 15.9. The van der Waals surface area contributed by atoms with Crippen LogP contribution in [0.25, 0.3) is 0 Å². The van der Waals surface area contributed by atoms with Crippen molar-refractivity contribution in [3.8, 4) is 6.07 Å². The highest BCUT2D eigenvalue weighted by Gasteiger charge is 2.56. The molecule has 1 heterocycles. The van der Waals surface area contributed by atoms with E-state index >= 15 is 0 Å². The van der Waals surface area contributed by atoms with Crippen LogP contribution in [0, 0.1) is 29.1 Å². The number of esters is 1. The summed E-state index contributed by atoms with van der Waals surface area (Å²) in [6.07, 6.45) is 5.43. The molecule has 1 aromatic heterocycles. The highest BCUT2D eigenvalue weighted by Crippen LogP contribution is 2.55. The Morgan fingerprint density at radius 2 is 2.07 bits per heavy atom. The highest BCUT2D eigenvalue weighted by atomic mass is 16.5. The minimum absolute atomic E-state index is 0.0202. The number of carbonyl (C=O) groups is 2. The Bertz CT molecular complexity index is 979. The van der Waals surface area contributed by atoms with Crippen molar-refractivity contribution in [3.05, 3.63) is 59.2 Å². The Labute approximate surface area is 163 Å². The van der Waals surface area contributed by atoms with Gasteiger partial charge in [0.25, 0.3) is 0 Å². The second-order valence-electron chi connectivity index (χ2n) is 7.66. The van der Waals surface area contributed by atoms with Crippen LogP contribution in [0.3, 0.4) is 0 Å². The van der Waals surface area contributed by atoms with E-state index < -0.39 is 17.3 Å². The lowest BCUT2D eigenvalue weighted by atomic mass is 9.51. The van der Waals surface area contributed by atoms with Crippen molar-refractivity contribution in [1.82, 2.24) is 9.97 Å². The lowest BCUT2D eigenvalue weighted by molar-refractivity contribution is -0.131. The van der Waals surface area contributed by atoms with Gasteiger partial charge in [-0.05, 0) is 48.4 Å². The third kappa shape index (κ3) is 2.54. The standard InChI is InChI=1S/C22H21N3O3/c1-13-18-8-5-15-11-24-12-25-20(15)22(18,9-16(10-23)19(13)26)17-6-3-14(4-7-17)21(27)28-2/h3-4,6-7,11-13,16,18H,5,8-9H2,1-2H3/t13-,16?,18-,22?/m0/s1. The van der Waals surface area contributed by atoms with Gasteiger partial charge in [0.1, 0.15) is 12.2 Å². The van der Waals surface area contributed by atoms with Crippen LogP contribution in [0.15, 0.2) is 36.8 Å². The number of benzene rings is 1. The van der Waals surface area contributed by atoms with Crippen molar-refractivity contribution in [3.63, 3.8) is 0 Å². The molecule has 0 bridgehead atoms. The molecule has 2 aliphatic carbocycles. The molecule has 142 valence electrons. The second-order valence-corrected chi connectivity index (χ2v) is 7.66. The first-order valence-electron chi connectivity index (χ1n) is 9.44. The zero-order valence-corrected chi connectivity index (χ0v) is 15.9. The normalized spacial score (nSPS) is 28.6. The number of aryl methyl sites for hydroxylation is 1. The molecule has 6 nitrogen and oxygen atoms in total. The fourth-order valence-corrected chi connectivity index (χ4v) is 5.14. The summed E-state index contributed by atoms with van der Waals surface area (Å²) < 4.78 is 4.80. The minimum Gasteiger partial charge on any atom is -0.465 e. The quantitative estimate of drug-likeness (QED) is 0.750. The third-order valence-electron chi connectivity index (χ3n) is 6.47. The van der Waals surface area contributed by atoms with Gasteiger partial charge in [0.2, 0.25) is 0 Å². The van der Waals surface area contributed by atoms with E-state index in [9.17, 15) is 14.9 Å². The molecule has 2 unspecified atom stereocenters. The van der Waals surface area contributed by atoms with E-state index in [1.54, 1.807) is 12.1 Å². The van der Waals surface area contributed by atoms with Crippen LogP contribution in [-0.2, 0) is 21.4 Å². The summed E-state index contributed by atoms with van der Waals surface area (Å²) in [6.45, 7) is 1.93. The van der Waals surface area contributed by atoms with E-state index in [0.29, 0.717) is 12.0 Å². The molecule has 28 heavy (non-hydrogen) atoms. The van der Waals surface area contributed by atoms with Crippen LogP contribution >= 0.6 is 0 Å². The van der Waals surface area contributed by atoms with Crippen molar-refractivity contribution in [2.24, 2.45) is 17.8 Å². The first-order chi connectivity index (χ1) is 13.5. The molecule has 0 spiro atoms. The van der Waals surface area contributed by atoms with Crippen molar-refractivity contribution in [1.29, 1.82) is 5.26 Å². The van der Waals surface area contributed by atoms with Crippen LogP contribution in [-0.4, -0.2) is 28.8 Å². The molecule has 4 atom stereocenters. The number of carbonyl (C=O) groups excluding carboxylic acids is 2. The van der Waals surface area contributed by atoms with Gasteiger partial charge >= 0.3 is 5.97 Å². The first-order valence-corrected chi connectivity index (χ1v) is 9.44. The Kier molecular flexibility index (Phi) is 4.46. The van der Waals surface area contributed by atoms with Crippen molar-refractivity contribution in [2.75, 3.05) is 7.11 Å². The Balaban J connectivity index is 1.93. The van der Waals surface area contributed by atoms with Gasteiger partial charge in [0.15, 0.2) is 5.78 Å². The van der Waals surface area contributed by atoms with E-state index in [4.69, 9.17) is 4.74 Å². The number of Topliss-reactive ketones (excluding diaryl/α,β-unsaturated/α-hetero) is 1. The number of hydrogen-bond acceptors (Lipinski definition) is 6. The number of rotatable bonds is 2. The number of fused-ring (bicyclic) bond motifs is 3. The Morgan fingerprint density at radius 3 is 2.75 bits per heavy atom. The number of ketones is 1. The topological polar surface area (TPSA) is 92.9 Å². The van der Waals surface area contributed by atoms with Crippen LogP contribution < -0.4 is 0 Å². The van der Waals surface area contributed by atoms with Gasteiger partial charge in [-0.25, -0.2) is 14.8 Å². The van der Waals surface area contributed by atoms with Crippen LogP contribution in [0.1, 0.15) is 46.9 Å². The van der Waals surface area contributed by atoms with Gasteiger partial charge in [-0.1, -0.05) is 19.1 Å². The Morgan fingerprint density at radius 1 is 1.32 bits per heavy atom. The zero-order chi connectivity index (χ0) is 19.9. The average molecular weight is 375 g/mol. The molecule has 0 N–H and O–H groups in total. The predicted molar refractivity (Wildman–Crippen MR) is 100 cm³/mol. The highest BCUT2D eigenvalue weighted by molar-refractivity contribution is 5.89. The molecular formula is C22H21N3O3. The van der Waals surface area contributed by atoms with Crippen molar-refractivity contribution >= 4 is 11.8 Å². The molecule has 6 heteroatoms. The van der Waals surface area contributed by atoms with Crippen LogP contribution in [0.2, 0.25) is 0 Å². The van der Waals surface area contributed by atoms with E-state index in [-0.39, 0.29) is 17.6 Å². The van der Waals surface area contributed by atoms with E-state index in [0.717, 1.165) is 29.7 Å². The molecule has 1 fully saturated rings. The largest absolute Gasteiger partial charge is 0.465 e. The molecular weight excluding hydrogens is 354 g/mol. The number of ether oxygens (including phenoxy) is 1. The van der Waals surface area contributed by atoms with Crippen molar-refractivity contribution < 1.29 is 14.3 Å². The molecule has 1 aromatic carbocycles. The maximum Gasteiger partial charge on any atom is 0.337 e. The van der Waals surface area contributed by atoms with Gasteiger partial charge < -0.3 is 4.74 Å². The molecule has 4 rings (SSSR count). The summed E-state index contributed by atoms with van der Waals surface area (Å²) in [5.41, 5.74) is 2.87. The van der Waals surface area contributed by atoms with Crippen LogP contribution in [0.5, 0.6) is 0 Å². The second kappa shape index (κ2) is 6.83. The Hall–Kier alpha value is -3.07. The molecule has 2 aromatic rings. The molecule has 1 saturated carbocycles. The SMILES string of the molecule is COC(=O)c1ccc(C23CC(C#N)C(=O)[C@@H](C)[C@@H]2CCc2cncnc23)cc1. The number of nitrogens with zero attached hydrogens (tertiary/aromatic N) is 3. The van der Waals surface area contributed by atoms with Crippen molar-refractivity contribution in [2.45, 2.75) is 31.6 Å². The molecule has 2 aliphatic rings. The van der Waals surface area contributed by atoms with E-state index in [1.165, 1.54) is 13.4 Å². The average Bonchev–Trinajstić information content (AvgIpc) is 2.75. The summed E-state index contributed by atoms with van der Waals surface area (Å²) in [5.74, 6) is -1.23. The van der Waals surface area contributed by atoms with Crippen LogP contribution in [0.4, 0.5) is 0 Å². The number of hydrogen-bond donors (Lipinski definition) is 0. The summed E-state index contributed by atoms with van der Waals surface area (Å²) in [4.78, 5) is 33.4. The summed E-state index contributed by atoms with van der Waals surface area (Å²) >= 11 is 0. The summed E-state index contributed by atoms with van der Waals surface area (Å²) in [6, 6.07) is 9.52. The maximum atomic E-state index is 12.8. The third-order valence-corrected chi connectivity index (χ3v) is 6.47. The number of nitriles is 1. The molecule has 0 saturated heterocycles. The molecule has 0 aliphatic heterocycles. The van der Waals surface area contributed by atoms with E-state index in [2.05, 4.69) is 16.0 Å². The van der Waals surface area contributed by atoms with Gasteiger partial charge in [0, 0.05) is 17.5 Å². The van der Waals surface area contributed by atoms with Gasteiger partial charge in [0.05, 0.1) is 24.4 Å².